The van der Waals surface area contributed by atoms with E-state index in [0.717, 1.165) is 11.5 Å². The Morgan fingerprint density at radius 1 is 1.14 bits per heavy atom. The molecule has 0 spiro atoms. The number of benzene rings is 1. The summed E-state index contributed by atoms with van der Waals surface area (Å²) in [4.78, 5) is 0. The molecule has 0 heterocycles. The fourth-order valence-electron chi connectivity index (χ4n) is 2.50. The highest BCUT2D eigenvalue weighted by Crippen LogP contribution is 2.58. The Labute approximate surface area is 88.4 Å². The average molecular weight is 204 g/mol. The van der Waals surface area contributed by atoms with Crippen molar-refractivity contribution in [2.75, 3.05) is 0 Å². The van der Waals surface area contributed by atoms with Crippen molar-refractivity contribution >= 4 is 8.07 Å². The van der Waals surface area contributed by atoms with E-state index in [1.165, 1.54) is 12.0 Å². The fraction of sp³-hybridized carbons (Fsp3) is 0.538. The summed E-state index contributed by atoms with van der Waals surface area (Å²) in [5, 5.41) is 0. The minimum atomic E-state index is -0.892. The molecule has 14 heavy (non-hydrogen) atoms. The highest BCUT2D eigenvalue weighted by molar-refractivity contribution is 6.78. The SMILES string of the molecule is Cc1ccccc1[C@@H]1C[C@H]1[Si](C)(C)C. The van der Waals surface area contributed by atoms with Crippen molar-refractivity contribution in [3.63, 3.8) is 0 Å². The van der Waals surface area contributed by atoms with Gasteiger partial charge in [-0.15, -0.1) is 0 Å². The summed E-state index contributed by atoms with van der Waals surface area (Å²) in [6.07, 6.45) is 1.45. The lowest BCUT2D eigenvalue weighted by molar-refractivity contribution is 1.08. The predicted molar refractivity (Wildman–Crippen MR) is 65.6 cm³/mol. The van der Waals surface area contributed by atoms with Crippen LogP contribution in [-0.4, -0.2) is 8.07 Å². The lowest BCUT2D eigenvalue weighted by Crippen LogP contribution is -2.20. The molecule has 0 nitrogen and oxygen atoms in total. The molecule has 0 unspecified atom stereocenters. The molecular formula is C13H20Si. The van der Waals surface area contributed by atoms with E-state index in [9.17, 15) is 0 Å². The molecule has 1 aromatic carbocycles. The minimum Gasteiger partial charge on any atom is -0.0693 e. The van der Waals surface area contributed by atoms with E-state index in [1.807, 2.05) is 0 Å². The topological polar surface area (TPSA) is 0 Å². The second kappa shape index (κ2) is 3.23. The number of aryl methyl sites for hydroxylation is 1. The number of hydrogen-bond acceptors (Lipinski definition) is 0. The molecular weight excluding hydrogens is 184 g/mol. The summed E-state index contributed by atoms with van der Waals surface area (Å²) in [7, 11) is -0.892. The summed E-state index contributed by atoms with van der Waals surface area (Å²) >= 11 is 0. The monoisotopic (exact) mass is 204 g/mol. The van der Waals surface area contributed by atoms with Gasteiger partial charge in [0.25, 0.3) is 0 Å². The molecule has 0 radical (unpaired) electrons. The fourth-order valence-corrected chi connectivity index (χ4v) is 4.85. The van der Waals surface area contributed by atoms with Gasteiger partial charge < -0.3 is 0 Å². The van der Waals surface area contributed by atoms with E-state index in [0.29, 0.717) is 0 Å². The molecule has 1 aromatic rings. The van der Waals surface area contributed by atoms with Crippen molar-refractivity contribution in [1.29, 1.82) is 0 Å². The molecule has 76 valence electrons. The third-order valence-corrected chi connectivity index (χ3v) is 6.35. The van der Waals surface area contributed by atoms with Crippen LogP contribution in [0.25, 0.3) is 0 Å². The van der Waals surface area contributed by atoms with Crippen LogP contribution < -0.4 is 0 Å². The normalized spacial score (nSPS) is 26.3. The number of hydrogen-bond donors (Lipinski definition) is 0. The van der Waals surface area contributed by atoms with Crippen LogP contribution in [0.2, 0.25) is 25.2 Å². The van der Waals surface area contributed by atoms with Gasteiger partial charge in [-0.25, -0.2) is 0 Å². The summed E-state index contributed by atoms with van der Waals surface area (Å²) in [5.41, 5.74) is 4.13. The van der Waals surface area contributed by atoms with Crippen LogP contribution in [-0.2, 0) is 0 Å². The Morgan fingerprint density at radius 2 is 1.79 bits per heavy atom. The summed E-state index contributed by atoms with van der Waals surface area (Å²) in [6, 6.07) is 8.89. The largest absolute Gasteiger partial charge is 0.0693 e. The van der Waals surface area contributed by atoms with Crippen LogP contribution in [0.15, 0.2) is 24.3 Å². The first kappa shape index (κ1) is 9.97. The van der Waals surface area contributed by atoms with Crippen LogP contribution in [0.4, 0.5) is 0 Å². The zero-order valence-corrected chi connectivity index (χ0v) is 10.7. The van der Waals surface area contributed by atoms with Crippen LogP contribution in [0, 0.1) is 6.92 Å². The quantitative estimate of drug-likeness (QED) is 0.634. The average Bonchev–Trinajstić information content (AvgIpc) is 2.83. The van der Waals surface area contributed by atoms with Crippen molar-refractivity contribution in [3.05, 3.63) is 35.4 Å². The molecule has 2 atom stereocenters. The highest BCUT2D eigenvalue weighted by atomic mass is 28.3. The Morgan fingerprint density at radius 3 is 2.29 bits per heavy atom. The molecule has 0 saturated heterocycles. The van der Waals surface area contributed by atoms with Gasteiger partial charge in [0.05, 0.1) is 0 Å². The first-order valence-corrected chi connectivity index (χ1v) is 9.13. The van der Waals surface area contributed by atoms with Gasteiger partial charge in [0.15, 0.2) is 0 Å². The molecule has 1 fully saturated rings. The maximum atomic E-state index is 2.50. The molecule has 0 bridgehead atoms. The van der Waals surface area contributed by atoms with Gasteiger partial charge in [0.1, 0.15) is 0 Å². The van der Waals surface area contributed by atoms with Gasteiger partial charge in [-0.05, 0) is 35.9 Å². The van der Waals surface area contributed by atoms with Crippen molar-refractivity contribution in [2.24, 2.45) is 0 Å². The Balaban J connectivity index is 2.18. The van der Waals surface area contributed by atoms with Gasteiger partial charge in [-0.2, -0.15) is 0 Å². The highest BCUT2D eigenvalue weighted by Gasteiger charge is 2.46. The van der Waals surface area contributed by atoms with Crippen molar-refractivity contribution < 1.29 is 0 Å². The second-order valence-electron chi connectivity index (χ2n) is 5.67. The van der Waals surface area contributed by atoms with Crippen molar-refractivity contribution in [2.45, 2.75) is 44.4 Å². The Hall–Kier alpha value is -0.563. The third-order valence-electron chi connectivity index (χ3n) is 3.49. The van der Waals surface area contributed by atoms with E-state index >= 15 is 0 Å². The zero-order chi connectivity index (χ0) is 10.3. The van der Waals surface area contributed by atoms with Crippen LogP contribution in [0.5, 0.6) is 0 Å². The van der Waals surface area contributed by atoms with Gasteiger partial charge in [-0.3, -0.25) is 0 Å². The van der Waals surface area contributed by atoms with E-state index in [4.69, 9.17) is 0 Å². The molecule has 1 heteroatoms. The third kappa shape index (κ3) is 1.78. The Bertz CT molecular complexity index is 335. The van der Waals surface area contributed by atoms with Gasteiger partial charge in [0, 0.05) is 8.07 Å². The van der Waals surface area contributed by atoms with E-state index < -0.39 is 8.07 Å². The van der Waals surface area contributed by atoms with Crippen LogP contribution >= 0.6 is 0 Å². The van der Waals surface area contributed by atoms with Crippen molar-refractivity contribution in [3.8, 4) is 0 Å². The molecule has 1 aliphatic rings. The molecule has 0 amide bonds. The first-order valence-electron chi connectivity index (χ1n) is 5.55. The first-order chi connectivity index (χ1) is 6.50. The van der Waals surface area contributed by atoms with E-state index in [-0.39, 0.29) is 0 Å². The van der Waals surface area contributed by atoms with E-state index in [1.54, 1.807) is 5.56 Å². The Kier molecular flexibility index (Phi) is 2.30. The van der Waals surface area contributed by atoms with Crippen LogP contribution in [0.3, 0.4) is 0 Å². The van der Waals surface area contributed by atoms with Gasteiger partial charge in [-0.1, -0.05) is 43.9 Å². The van der Waals surface area contributed by atoms with Gasteiger partial charge in [0.2, 0.25) is 0 Å². The summed E-state index contributed by atoms with van der Waals surface area (Å²) < 4.78 is 0. The number of rotatable bonds is 2. The molecule has 1 saturated carbocycles. The summed E-state index contributed by atoms with van der Waals surface area (Å²) in [5.74, 6) is 0.892. The van der Waals surface area contributed by atoms with Gasteiger partial charge >= 0.3 is 0 Å². The second-order valence-corrected chi connectivity index (χ2v) is 11.1. The predicted octanol–water partition coefficient (Wildman–Crippen LogP) is 4.19. The maximum Gasteiger partial charge on any atom is 0.0480 e. The summed E-state index contributed by atoms with van der Waals surface area (Å²) in [6.45, 7) is 9.73. The lowest BCUT2D eigenvalue weighted by atomic mass is 10.1. The molecule has 0 aromatic heterocycles. The lowest BCUT2D eigenvalue weighted by Gasteiger charge is -2.16. The maximum absolute atomic E-state index is 2.50. The minimum absolute atomic E-state index is 0.892. The standard InChI is InChI=1S/C13H20Si/c1-10-7-5-6-8-11(10)12-9-13(12)14(2,3)4/h5-8,12-13H,9H2,1-4H3/t12-,13+/m0/s1. The van der Waals surface area contributed by atoms with Crippen LogP contribution in [0.1, 0.15) is 23.5 Å². The zero-order valence-electron chi connectivity index (χ0n) is 9.67. The smallest absolute Gasteiger partial charge is 0.0480 e. The molecule has 0 aliphatic heterocycles. The molecule has 1 aliphatic carbocycles. The van der Waals surface area contributed by atoms with Crippen molar-refractivity contribution in [1.82, 2.24) is 0 Å². The molecule has 0 N–H and O–H groups in total. The van der Waals surface area contributed by atoms with E-state index in [2.05, 4.69) is 50.8 Å². The molecule has 2 rings (SSSR count).